The topological polar surface area (TPSA) is 63.4 Å². The summed E-state index contributed by atoms with van der Waals surface area (Å²) in [6, 6.07) is 3.46. The first-order chi connectivity index (χ1) is 8.45. The van der Waals surface area contributed by atoms with E-state index >= 15 is 0 Å². The quantitative estimate of drug-likeness (QED) is 0.871. The maximum absolute atomic E-state index is 12.3. The summed E-state index contributed by atoms with van der Waals surface area (Å²) in [5.74, 6) is 0.0249. The van der Waals surface area contributed by atoms with Crippen molar-refractivity contribution in [3.05, 3.63) is 21.9 Å². The number of hydrogen-bond donors (Lipinski definition) is 1. The zero-order valence-corrected chi connectivity index (χ0v) is 12.8. The summed E-state index contributed by atoms with van der Waals surface area (Å²) in [6.45, 7) is 5.67. The Bertz CT molecular complexity index is 489. The molecular formula is C13H19ClN2O2S. The van der Waals surface area contributed by atoms with Crippen LogP contribution in [0, 0.1) is 5.41 Å². The molecule has 2 heterocycles. The number of amides is 1. The highest BCUT2D eigenvalue weighted by Crippen LogP contribution is 2.30. The highest BCUT2D eigenvalue weighted by Gasteiger charge is 2.35. The van der Waals surface area contributed by atoms with E-state index < -0.39 is 0 Å². The fourth-order valence-corrected chi connectivity index (χ4v) is 3.03. The zero-order valence-electron chi connectivity index (χ0n) is 11.1. The Morgan fingerprint density at radius 2 is 2.05 bits per heavy atom. The van der Waals surface area contributed by atoms with Crippen molar-refractivity contribution in [2.24, 2.45) is 11.1 Å². The minimum absolute atomic E-state index is 0. The lowest BCUT2D eigenvalue weighted by Gasteiger charge is -2.22. The summed E-state index contributed by atoms with van der Waals surface area (Å²) in [7, 11) is 0. The Morgan fingerprint density at radius 3 is 2.53 bits per heavy atom. The lowest BCUT2D eigenvalue weighted by molar-refractivity contribution is 0.0781. The second-order valence-electron chi connectivity index (χ2n) is 5.21. The second kappa shape index (κ2) is 6.03. The summed E-state index contributed by atoms with van der Waals surface area (Å²) in [5, 5.41) is 0. The Labute approximate surface area is 123 Å². The smallest absolute Gasteiger partial charge is 0.263 e. The van der Waals surface area contributed by atoms with Crippen LogP contribution in [-0.2, 0) is 0 Å². The molecule has 1 unspecified atom stereocenters. The highest BCUT2D eigenvalue weighted by molar-refractivity contribution is 7.15. The van der Waals surface area contributed by atoms with Crippen LogP contribution in [0.2, 0.25) is 0 Å². The van der Waals surface area contributed by atoms with E-state index in [2.05, 4.69) is 6.92 Å². The molecule has 0 aliphatic carbocycles. The van der Waals surface area contributed by atoms with Crippen LogP contribution in [0.4, 0.5) is 0 Å². The SMILES string of the molecule is CC(=O)c1ccc(C(=O)N2CCC(C)(CN)C2)s1.Cl. The van der Waals surface area contributed by atoms with Crippen LogP contribution in [-0.4, -0.2) is 36.2 Å². The van der Waals surface area contributed by atoms with Crippen LogP contribution in [0.15, 0.2) is 12.1 Å². The van der Waals surface area contributed by atoms with Crippen LogP contribution in [0.3, 0.4) is 0 Å². The maximum Gasteiger partial charge on any atom is 0.263 e. The zero-order chi connectivity index (χ0) is 13.3. The van der Waals surface area contributed by atoms with Crippen LogP contribution >= 0.6 is 23.7 Å². The lowest BCUT2D eigenvalue weighted by Crippen LogP contribution is -2.34. The van der Waals surface area contributed by atoms with Gasteiger partial charge in [0.1, 0.15) is 0 Å². The van der Waals surface area contributed by atoms with Gasteiger partial charge in [-0.2, -0.15) is 0 Å². The van der Waals surface area contributed by atoms with E-state index in [-0.39, 0.29) is 29.5 Å². The third kappa shape index (κ3) is 3.35. The van der Waals surface area contributed by atoms with E-state index in [1.54, 1.807) is 12.1 Å². The lowest BCUT2D eigenvalue weighted by atomic mass is 9.90. The Morgan fingerprint density at radius 1 is 1.42 bits per heavy atom. The molecule has 1 saturated heterocycles. The Balaban J connectivity index is 0.00000180. The van der Waals surface area contributed by atoms with Gasteiger partial charge in [0.15, 0.2) is 5.78 Å². The van der Waals surface area contributed by atoms with Crippen molar-refractivity contribution in [1.29, 1.82) is 0 Å². The van der Waals surface area contributed by atoms with Crippen LogP contribution in [0.5, 0.6) is 0 Å². The van der Waals surface area contributed by atoms with Crippen molar-refractivity contribution in [3.8, 4) is 0 Å². The molecule has 2 N–H and O–H groups in total. The number of thiophene rings is 1. The molecule has 0 aromatic carbocycles. The molecule has 1 aliphatic rings. The summed E-state index contributed by atoms with van der Waals surface area (Å²) < 4.78 is 0. The van der Waals surface area contributed by atoms with E-state index in [0.717, 1.165) is 13.0 Å². The summed E-state index contributed by atoms with van der Waals surface area (Å²) in [5.41, 5.74) is 5.77. The Hall–Kier alpha value is -0.910. The van der Waals surface area contributed by atoms with Crippen LogP contribution in [0.25, 0.3) is 0 Å². The Kier molecular flexibility index (Phi) is 5.12. The average Bonchev–Trinajstić information content (AvgIpc) is 2.95. The molecule has 2 rings (SSSR count). The molecule has 1 atom stereocenters. The number of nitrogens with two attached hydrogens (primary N) is 1. The number of rotatable bonds is 3. The van der Waals surface area contributed by atoms with E-state index in [1.165, 1.54) is 18.3 Å². The first-order valence-electron chi connectivity index (χ1n) is 6.05. The fraction of sp³-hybridized carbons (Fsp3) is 0.538. The molecule has 1 aromatic rings. The molecular weight excluding hydrogens is 284 g/mol. The standard InChI is InChI=1S/C13H18N2O2S.ClH/c1-9(16)10-3-4-11(18-10)12(17)15-6-5-13(2,7-14)8-15;/h3-4H,5-8,14H2,1-2H3;1H. The molecule has 0 radical (unpaired) electrons. The minimum Gasteiger partial charge on any atom is -0.337 e. The monoisotopic (exact) mass is 302 g/mol. The van der Waals surface area contributed by atoms with Gasteiger partial charge < -0.3 is 10.6 Å². The van der Waals surface area contributed by atoms with Gasteiger partial charge in [0, 0.05) is 13.1 Å². The van der Waals surface area contributed by atoms with Crippen molar-refractivity contribution in [1.82, 2.24) is 4.90 Å². The number of Topliss-reactive ketones (excluding diaryl/α,β-unsaturated/α-hetero) is 1. The van der Waals surface area contributed by atoms with Crippen molar-refractivity contribution in [2.45, 2.75) is 20.3 Å². The molecule has 19 heavy (non-hydrogen) atoms. The van der Waals surface area contributed by atoms with Gasteiger partial charge in [-0.05, 0) is 37.4 Å². The summed E-state index contributed by atoms with van der Waals surface area (Å²) in [6.07, 6.45) is 0.945. The molecule has 6 heteroatoms. The number of hydrogen-bond acceptors (Lipinski definition) is 4. The van der Waals surface area contributed by atoms with E-state index in [9.17, 15) is 9.59 Å². The maximum atomic E-state index is 12.3. The number of ketones is 1. The number of nitrogens with zero attached hydrogens (tertiary/aromatic N) is 1. The number of halogens is 1. The highest BCUT2D eigenvalue weighted by atomic mass is 35.5. The number of likely N-dealkylation sites (tertiary alicyclic amines) is 1. The molecule has 4 nitrogen and oxygen atoms in total. The molecule has 0 spiro atoms. The van der Waals surface area contributed by atoms with Crippen molar-refractivity contribution in [3.63, 3.8) is 0 Å². The van der Waals surface area contributed by atoms with Gasteiger partial charge in [0.2, 0.25) is 0 Å². The van der Waals surface area contributed by atoms with Gasteiger partial charge in [-0.3, -0.25) is 9.59 Å². The third-order valence-corrected chi connectivity index (χ3v) is 4.68. The van der Waals surface area contributed by atoms with Gasteiger partial charge in [0.25, 0.3) is 5.91 Å². The van der Waals surface area contributed by atoms with Crippen LogP contribution in [0.1, 0.15) is 39.6 Å². The van der Waals surface area contributed by atoms with Crippen molar-refractivity contribution < 1.29 is 9.59 Å². The fourth-order valence-electron chi connectivity index (χ4n) is 2.16. The van der Waals surface area contributed by atoms with Crippen molar-refractivity contribution in [2.75, 3.05) is 19.6 Å². The summed E-state index contributed by atoms with van der Waals surface area (Å²) in [4.78, 5) is 26.6. The van der Waals surface area contributed by atoms with Gasteiger partial charge in [-0.1, -0.05) is 6.92 Å². The van der Waals surface area contributed by atoms with Crippen LogP contribution < -0.4 is 5.73 Å². The van der Waals surface area contributed by atoms with E-state index in [4.69, 9.17) is 5.73 Å². The molecule has 1 aliphatic heterocycles. The predicted octanol–water partition coefficient (Wildman–Crippen LogP) is 2.18. The largest absolute Gasteiger partial charge is 0.337 e. The van der Waals surface area contributed by atoms with E-state index in [0.29, 0.717) is 22.8 Å². The molecule has 0 bridgehead atoms. The first-order valence-corrected chi connectivity index (χ1v) is 6.87. The minimum atomic E-state index is 0. The molecule has 0 saturated carbocycles. The summed E-state index contributed by atoms with van der Waals surface area (Å²) >= 11 is 1.27. The van der Waals surface area contributed by atoms with Gasteiger partial charge in [-0.25, -0.2) is 0 Å². The molecule has 1 fully saturated rings. The van der Waals surface area contributed by atoms with E-state index in [1.807, 2.05) is 4.90 Å². The predicted molar refractivity (Wildman–Crippen MR) is 79.3 cm³/mol. The van der Waals surface area contributed by atoms with Gasteiger partial charge >= 0.3 is 0 Å². The van der Waals surface area contributed by atoms with Crippen molar-refractivity contribution >= 4 is 35.4 Å². The normalized spacial score (nSPS) is 22.2. The second-order valence-corrected chi connectivity index (χ2v) is 6.30. The number of carbonyl (C=O) groups is 2. The number of carbonyl (C=O) groups excluding carboxylic acids is 2. The third-order valence-electron chi connectivity index (χ3n) is 3.50. The molecule has 1 amide bonds. The molecule has 106 valence electrons. The van der Waals surface area contributed by atoms with Gasteiger partial charge in [-0.15, -0.1) is 23.7 Å². The molecule has 1 aromatic heterocycles. The first kappa shape index (κ1) is 16.1. The van der Waals surface area contributed by atoms with Gasteiger partial charge in [0.05, 0.1) is 9.75 Å². The average molecular weight is 303 g/mol.